The van der Waals surface area contributed by atoms with Crippen LogP contribution < -0.4 is 5.32 Å². The monoisotopic (exact) mass is 222 g/mol. The van der Waals surface area contributed by atoms with Crippen molar-refractivity contribution in [3.8, 4) is 0 Å². The molecule has 1 unspecified atom stereocenters. The van der Waals surface area contributed by atoms with Crippen molar-refractivity contribution in [2.45, 2.75) is 57.0 Å². The second kappa shape index (κ2) is 4.36. The molecule has 0 radical (unpaired) electrons. The Morgan fingerprint density at radius 2 is 1.81 bits per heavy atom. The summed E-state index contributed by atoms with van der Waals surface area (Å²) in [5.74, 6) is 0.662. The van der Waals surface area contributed by atoms with Crippen molar-refractivity contribution >= 4 is 5.91 Å². The fourth-order valence-corrected chi connectivity index (χ4v) is 3.18. The van der Waals surface area contributed by atoms with Crippen LogP contribution in [0.2, 0.25) is 0 Å². The van der Waals surface area contributed by atoms with Gasteiger partial charge in [-0.1, -0.05) is 12.8 Å². The van der Waals surface area contributed by atoms with Crippen LogP contribution in [0.15, 0.2) is 0 Å². The van der Waals surface area contributed by atoms with Crippen LogP contribution in [0.5, 0.6) is 0 Å². The van der Waals surface area contributed by atoms with Crippen LogP contribution in [0.4, 0.5) is 0 Å². The number of nitrogens with one attached hydrogen (secondary N) is 1. The maximum atomic E-state index is 12.0. The summed E-state index contributed by atoms with van der Waals surface area (Å²) in [5.41, 5.74) is 0. The van der Waals surface area contributed by atoms with Crippen LogP contribution in [0, 0.1) is 5.92 Å². The van der Waals surface area contributed by atoms with Crippen LogP contribution >= 0.6 is 0 Å². The van der Waals surface area contributed by atoms with E-state index in [0.29, 0.717) is 17.9 Å². The Labute approximate surface area is 97.6 Å². The molecule has 0 spiro atoms. The van der Waals surface area contributed by atoms with Crippen molar-refractivity contribution < 1.29 is 4.79 Å². The smallest absolute Gasteiger partial charge is 0.223 e. The van der Waals surface area contributed by atoms with E-state index in [2.05, 4.69) is 10.2 Å². The van der Waals surface area contributed by atoms with E-state index in [9.17, 15) is 4.79 Å². The number of rotatable bonds is 3. The Hall–Kier alpha value is -0.570. The quantitative estimate of drug-likeness (QED) is 0.785. The van der Waals surface area contributed by atoms with Gasteiger partial charge in [0.25, 0.3) is 0 Å². The molecule has 0 aromatic carbocycles. The summed E-state index contributed by atoms with van der Waals surface area (Å²) in [4.78, 5) is 14.5. The van der Waals surface area contributed by atoms with Gasteiger partial charge in [0.15, 0.2) is 0 Å². The molecule has 0 bridgehead atoms. The molecule has 1 N–H and O–H groups in total. The normalized spacial score (nSPS) is 32.1. The molecule has 3 fully saturated rings. The van der Waals surface area contributed by atoms with Crippen LogP contribution in [0.1, 0.15) is 44.9 Å². The minimum atomic E-state index is 0.329. The van der Waals surface area contributed by atoms with Gasteiger partial charge in [-0.15, -0.1) is 0 Å². The molecule has 3 heteroatoms. The van der Waals surface area contributed by atoms with Gasteiger partial charge in [0, 0.05) is 31.1 Å². The number of hydrogen-bond donors (Lipinski definition) is 1. The van der Waals surface area contributed by atoms with Crippen molar-refractivity contribution in [2.75, 3.05) is 13.1 Å². The Bertz CT molecular complexity index is 269. The van der Waals surface area contributed by atoms with E-state index in [1.807, 2.05) is 0 Å². The Balaban J connectivity index is 1.45. The minimum absolute atomic E-state index is 0.329. The van der Waals surface area contributed by atoms with Gasteiger partial charge >= 0.3 is 0 Å². The summed E-state index contributed by atoms with van der Waals surface area (Å²) in [5, 5.41) is 3.25. The summed E-state index contributed by atoms with van der Waals surface area (Å²) >= 11 is 0. The van der Waals surface area contributed by atoms with E-state index in [1.54, 1.807) is 0 Å². The van der Waals surface area contributed by atoms with Crippen molar-refractivity contribution in [3.63, 3.8) is 0 Å². The molecule has 1 saturated heterocycles. The van der Waals surface area contributed by atoms with Gasteiger partial charge in [-0.25, -0.2) is 0 Å². The molecule has 3 nitrogen and oxygen atoms in total. The molecule has 0 aromatic rings. The van der Waals surface area contributed by atoms with Crippen LogP contribution in [-0.4, -0.2) is 36.0 Å². The molecule has 2 aliphatic carbocycles. The third kappa shape index (κ3) is 2.24. The van der Waals surface area contributed by atoms with E-state index < -0.39 is 0 Å². The number of carbonyl (C=O) groups excluding carboxylic acids is 1. The number of hydrogen-bond acceptors (Lipinski definition) is 2. The highest BCUT2D eigenvalue weighted by Gasteiger charge is 2.35. The average Bonchev–Trinajstić information content (AvgIpc) is 2.82. The van der Waals surface area contributed by atoms with E-state index in [-0.39, 0.29) is 0 Å². The molecular weight excluding hydrogens is 200 g/mol. The average molecular weight is 222 g/mol. The van der Waals surface area contributed by atoms with Crippen molar-refractivity contribution in [1.82, 2.24) is 10.2 Å². The third-order valence-corrected chi connectivity index (χ3v) is 4.36. The van der Waals surface area contributed by atoms with Gasteiger partial charge in [0.2, 0.25) is 5.91 Å². The van der Waals surface area contributed by atoms with Gasteiger partial charge < -0.3 is 5.32 Å². The standard InChI is InChI=1S/C13H22N2O/c16-13(10-3-1-2-4-10)14-11-7-8-15(9-11)12-5-6-12/h10-12H,1-9H2,(H,14,16). The highest BCUT2D eigenvalue weighted by Crippen LogP contribution is 2.30. The van der Waals surface area contributed by atoms with Crippen LogP contribution in [0.25, 0.3) is 0 Å². The third-order valence-electron chi connectivity index (χ3n) is 4.36. The highest BCUT2D eigenvalue weighted by atomic mass is 16.2. The Morgan fingerprint density at radius 3 is 2.50 bits per heavy atom. The maximum absolute atomic E-state index is 12.0. The number of nitrogens with zero attached hydrogens (tertiary/aromatic N) is 1. The Kier molecular flexibility index (Phi) is 2.88. The lowest BCUT2D eigenvalue weighted by Crippen LogP contribution is -2.40. The van der Waals surface area contributed by atoms with Crippen molar-refractivity contribution in [2.24, 2.45) is 5.92 Å². The molecule has 2 saturated carbocycles. The summed E-state index contributed by atoms with van der Waals surface area (Å²) in [7, 11) is 0. The van der Waals surface area contributed by atoms with E-state index in [1.165, 1.54) is 32.2 Å². The molecule has 1 amide bonds. The first kappa shape index (κ1) is 10.6. The van der Waals surface area contributed by atoms with E-state index in [0.717, 1.165) is 31.8 Å². The molecule has 1 aliphatic heterocycles. The van der Waals surface area contributed by atoms with Gasteiger partial charge in [-0.05, 0) is 32.1 Å². The van der Waals surface area contributed by atoms with Crippen LogP contribution in [0.3, 0.4) is 0 Å². The van der Waals surface area contributed by atoms with Crippen molar-refractivity contribution in [3.05, 3.63) is 0 Å². The molecule has 1 atom stereocenters. The lowest BCUT2D eigenvalue weighted by Gasteiger charge is -2.17. The second-order valence-electron chi connectivity index (χ2n) is 5.70. The molecule has 90 valence electrons. The SMILES string of the molecule is O=C(NC1CCN(C2CC2)C1)C1CCCC1. The van der Waals surface area contributed by atoms with Gasteiger partial charge in [0.05, 0.1) is 0 Å². The summed E-state index contributed by atoms with van der Waals surface area (Å²) in [6, 6.07) is 1.29. The van der Waals surface area contributed by atoms with E-state index >= 15 is 0 Å². The van der Waals surface area contributed by atoms with Gasteiger partial charge in [-0.2, -0.15) is 0 Å². The number of likely N-dealkylation sites (tertiary alicyclic amines) is 1. The first-order valence-corrected chi connectivity index (χ1v) is 6.87. The number of amides is 1. The summed E-state index contributed by atoms with van der Waals surface area (Å²) < 4.78 is 0. The predicted octanol–water partition coefficient (Wildman–Crippen LogP) is 1.53. The lowest BCUT2D eigenvalue weighted by molar-refractivity contribution is -0.125. The zero-order valence-electron chi connectivity index (χ0n) is 9.95. The molecule has 0 aromatic heterocycles. The molecular formula is C13H22N2O. The zero-order chi connectivity index (χ0) is 11.0. The zero-order valence-corrected chi connectivity index (χ0v) is 9.95. The fourth-order valence-electron chi connectivity index (χ4n) is 3.18. The van der Waals surface area contributed by atoms with Gasteiger partial charge in [0.1, 0.15) is 0 Å². The lowest BCUT2D eigenvalue weighted by atomic mass is 10.1. The minimum Gasteiger partial charge on any atom is -0.352 e. The highest BCUT2D eigenvalue weighted by molar-refractivity contribution is 5.79. The predicted molar refractivity (Wildman–Crippen MR) is 63.1 cm³/mol. The second-order valence-corrected chi connectivity index (χ2v) is 5.70. The van der Waals surface area contributed by atoms with Crippen LogP contribution in [-0.2, 0) is 4.79 Å². The summed E-state index contributed by atoms with van der Waals surface area (Å²) in [6.45, 7) is 2.30. The van der Waals surface area contributed by atoms with Gasteiger partial charge in [-0.3, -0.25) is 9.69 Å². The van der Waals surface area contributed by atoms with Crippen molar-refractivity contribution in [1.29, 1.82) is 0 Å². The fraction of sp³-hybridized carbons (Fsp3) is 0.923. The molecule has 3 aliphatic rings. The Morgan fingerprint density at radius 1 is 1.06 bits per heavy atom. The molecule has 3 rings (SSSR count). The van der Waals surface area contributed by atoms with E-state index in [4.69, 9.17) is 0 Å². The number of carbonyl (C=O) groups is 1. The molecule has 1 heterocycles. The first-order valence-electron chi connectivity index (χ1n) is 6.87. The molecule has 16 heavy (non-hydrogen) atoms. The maximum Gasteiger partial charge on any atom is 0.223 e. The first-order chi connectivity index (χ1) is 7.83. The summed E-state index contributed by atoms with van der Waals surface area (Å²) in [6.07, 6.45) is 8.64. The largest absolute Gasteiger partial charge is 0.352 e. The topological polar surface area (TPSA) is 32.3 Å².